The maximum atomic E-state index is 13.4. The molecule has 9 heteroatoms. The fourth-order valence-corrected chi connectivity index (χ4v) is 3.22. The molecule has 1 saturated heterocycles. The van der Waals surface area contributed by atoms with Gasteiger partial charge in [0.1, 0.15) is 5.75 Å². The van der Waals surface area contributed by atoms with Crippen molar-refractivity contribution >= 4 is 5.96 Å². The molecular formula is C20H30F3N3O3. The molecule has 29 heavy (non-hydrogen) atoms. The van der Waals surface area contributed by atoms with Crippen LogP contribution in [0.1, 0.15) is 24.5 Å². The summed E-state index contributed by atoms with van der Waals surface area (Å²) in [5, 5.41) is 3.18. The quantitative estimate of drug-likeness (QED) is 0.380. The van der Waals surface area contributed by atoms with Gasteiger partial charge in [0.25, 0.3) is 0 Å². The predicted molar refractivity (Wildman–Crippen MR) is 105 cm³/mol. The maximum Gasteiger partial charge on any atom is 0.416 e. The van der Waals surface area contributed by atoms with Gasteiger partial charge in [-0.2, -0.15) is 13.2 Å². The molecule has 1 aromatic rings. The van der Waals surface area contributed by atoms with E-state index in [9.17, 15) is 13.2 Å². The summed E-state index contributed by atoms with van der Waals surface area (Å²) in [6, 6.07) is 3.96. The van der Waals surface area contributed by atoms with Crippen molar-refractivity contribution in [2.75, 3.05) is 53.7 Å². The number of halogens is 3. The minimum absolute atomic E-state index is 0.0628. The summed E-state index contributed by atoms with van der Waals surface area (Å²) in [7, 11) is 2.98. The molecule has 1 atom stereocenters. The van der Waals surface area contributed by atoms with Crippen molar-refractivity contribution in [3.63, 3.8) is 0 Å². The van der Waals surface area contributed by atoms with E-state index in [0.717, 1.165) is 25.6 Å². The van der Waals surface area contributed by atoms with Crippen LogP contribution in [0.2, 0.25) is 0 Å². The van der Waals surface area contributed by atoms with Crippen molar-refractivity contribution < 1.29 is 27.4 Å². The first-order valence-electron chi connectivity index (χ1n) is 9.73. The number of benzene rings is 1. The van der Waals surface area contributed by atoms with E-state index in [2.05, 4.69) is 15.2 Å². The minimum atomic E-state index is -4.46. The molecule has 164 valence electrons. The van der Waals surface area contributed by atoms with Crippen LogP contribution in [-0.4, -0.2) is 64.5 Å². The first-order chi connectivity index (χ1) is 13.9. The number of likely N-dealkylation sites (tertiary alicyclic amines) is 1. The lowest BCUT2D eigenvalue weighted by Crippen LogP contribution is -2.40. The molecule has 1 N–H and O–H groups in total. The highest BCUT2D eigenvalue weighted by Gasteiger charge is 2.34. The van der Waals surface area contributed by atoms with Crippen molar-refractivity contribution in [1.82, 2.24) is 10.2 Å². The van der Waals surface area contributed by atoms with Gasteiger partial charge in [-0.3, -0.25) is 0 Å². The SMILES string of the molecule is CCNC(=NCc1ccc(OC)cc1C(F)(F)F)N1CCC(COCCOC)C1. The Bertz CT molecular complexity index is 668. The van der Waals surface area contributed by atoms with Crippen molar-refractivity contribution in [3.05, 3.63) is 29.3 Å². The van der Waals surface area contributed by atoms with Gasteiger partial charge in [-0.1, -0.05) is 6.07 Å². The lowest BCUT2D eigenvalue weighted by molar-refractivity contribution is -0.138. The molecule has 1 unspecified atom stereocenters. The Morgan fingerprint density at radius 1 is 1.28 bits per heavy atom. The highest BCUT2D eigenvalue weighted by Crippen LogP contribution is 2.34. The van der Waals surface area contributed by atoms with E-state index in [1.807, 2.05) is 6.92 Å². The molecule has 0 saturated carbocycles. The zero-order valence-electron chi connectivity index (χ0n) is 17.2. The average Bonchev–Trinajstić information content (AvgIpc) is 3.16. The Balaban J connectivity index is 2.06. The topological polar surface area (TPSA) is 55.3 Å². The van der Waals surface area contributed by atoms with E-state index < -0.39 is 11.7 Å². The number of nitrogens with one attached hydrogen (secondary N) is 1. The number of rotatable bonds is 9. The van der Waals surface area contributed by atoms with Crippen molar-refractivity contribution in [2.24, 2.45) is 10.9 Å². The number of aliphatic imine (C=N–C) groups is 1. The zero-order valence-corrected chi connectivity index (χ0v) is 17.2. The van der Waals surface area contributed by atoms with Crippen LogP contribution < -0.4 is 10.1 Å². The van der Waals surface area contributed by atoms with Gasteiger partial charge in [-0.15, -0.1) is 0 Å². The standard InChI is InChI=1S/C20H30F3N3O3/c1-4-24-19(26-8-7-15(13-26)14-29-10-9-27-2)25-12-16-5-6-17(28-3)11-18(16)20(21,22)23/h5-6,11,15H,4,7-10,12-14H2,1-3H3,(H,24,25). The molecule has 1 aliphatic rings. The van der Waals surface area contributed by atoms with Gasteiger partial charge in [0.2, 0.25) is 0 Å². The van der Waals surface area contributed by atoms with E-state index >= 15 is 0 Å². The van der Waals surface area contributed by atoms with E-state index in [1.165, 1.54) is 19.2 Å². The molecule has 1 aromatic carbocycles. The molecular weight excluding hydrogens is 387 g/mol. The van der Waals surface area contributed by atoms with Gasteiger partial charge in [0.05, 0.1) is 39.0 Å². The maximum absolute atomic E-state index is 13.4. The van der Waals surface area contributed by atoms with Gasteiger partial charge >= 0.3 is 6.18 Å². The van der Waals surface area contributed by atoms with Crippen molar-refractivity contribution in [3.8, 4) is 5.75 Å². The fourth-order valence-electron chi connectivity index (χ4n) is 3.22. The van der Waals surface area contributed by atoms with E-state index in [0.29, 0.717) is 38.2 Å². The van der Waals surface area contributed by atoms with Crippen LogP contribution in [0.15, 0.2) is 23.2 Å². The summed E-state index contributed by atoms with van der Waals surface area (Å²) in [5.41, 5.74) is -0.602. The van der Waals surface area contributed by atoms with E-state index in [-0.39, 0.29) is 17.9 Å². The Hall–Kier alpha value is -2.00. The largest absolute Gasteiger partial charge is 0.497 e. The van der Waals surface area contributed by atoms with Gasteiger partial charge < -0.3 is 24.4 Å². The number of ether oxygens (including phenoxy) is 3. The second kappa shape index (κ2) is 11.3. The average molecular weight is 417 g/mol. The molecule has 0 bridgehead atoms. The second-order valence-electron chi connectivity index (χ2n) is 6.86. The second-order valence-corrected chi connectivity index (χ2v) is 6.86. The smallest absolute Gasteiger partial charge is 0.416 e. The van der Waals surface area contributed by atoms with Crippen LogP contribution in [0.5, 0.6) is 5.75 Å². The Morgan fingerprint density at radius 2 is 2.07 bits per heavy atom. The van der Waals surface area contributed by atoms with E-state index in [1.54, 1.807) is 7.11 Å². The summed E-state index contributed by atoms with van der Waals surface area (Å²) in [6.07, 6.45) is -3.51. The summed E-state index contributed by atoms with van der Waals surface area (Å²) >= 11 is 0. The molecule has 6 nitrogen and oxygen atoms in total. The lowest BCUT2D eigenvalue weighted by Gasteiger charge is -2.22. The van der Waals surface area contributed by atoms with Crippen molar-refractivity contribution in [2.45, 2.75) is 26.1 Å². The first kappa shape index (κ1) is 23.3. The highest BCUT2D eigenvalue weighted by molar-refractivity contribution is 5.80. The molecule has 0 spiro atoms. The molecule has 1 heterocycles. The minimum Gasteiger partial charge on any atom is -0.497 e. The third kappa shape index (κ3) is 7.08. The third-order valence-electron chi connectivity index (χ3n) is 4.73. The van der Waals surface area contributed by atoms with Gasteiger partial charge in [0.15, 0.2) is 5.96 Å². The number of alkyl halides is 3. The van der Waals surface area contributed by atoms with Gasteiger partial charge in [0, 0.05) is 32.7 Å². The summed E-state index contributed by atoms with van der Waals surface area (Å²) in [5.74, 6) is 1.16. The molecule has 0 aromatic heterocycles. The van der Waals surface area contributed by atoms with Crippen LogP contribution in [0, 0.1) is 5.92 Å². The molecule has 2 rings (SSSR count). The normalized spacial score (nSPS) is 17.7. The van der Waals surface area contributed by atoms with Crippen LogP contribution in [0.3, 0.4) is 0 Å². The lowest BCUT2D eigenvalue weighted by atomic mass is 10.1. The van der Waals surface area contributed by atoms with E-state index in [4.69, 9.17) is 14.2 Å². The predicted octanol–water partition coefficient (Wildman–Crippen LogP) is 3.16. The summed E-state index contributed by atoms with van der Waals surface area (Å²) in [4.78, 5) is 6.54. The molecule has 1 fully saturated rings. The Morgan fingerprint density at radius 3 is 2.72 bits per heavy atom. The molecule has 0 aliphatic carbocycles. The first-order valence-corrected chi connectivity index (χ1v) is 9.73. The monoisotopic (exact) mass is 417 g/mol. The summed E-state index contributed by atoms with van der Waals surface area (Å²) in [6.45, 7) is 5.81. The number of hydrogen-bond acceptors (Lipinski definition) is 4. The highest BCUT2D eigenvalue weighted by atomic mass is 19.4. The van der Waals surface area contributed by atoms with Gasteiger partial charge in [-0.25, -0.2) is 4.99 Å². The van der Waals surface area contributed by atoms with Crippen LogP contribution >= 0.6 is 0 Å². The van der Waals surface area contributed by atoms with Crippen LogP contribution in [0.25, 0.3) is 0 Å². The number of nitrogens with zero attached hydrogens (tertiary/aromatic N) is 2. The van der Waals surface area contributed by atoms with Gasteiger partial charge in [-0.05, 0) is 31.0 Å². The Kier molecular flexibility index (Phi) is 9.03. The zero-order chi connectivity index (χ0) is 21.3. The summed E-state index contributed by atoms with van der Waals surface area (Å²) < 4.78 is 55.7. The van der Waals surface area contributed by atoms with Crippen molar-refractivity contribution in [1.29, 1.82) is 0 Å². The molecule has 0 radical (unpaired) electrons. The fraction of sp³-hybridized carbons (Fsp3) is 0.650. The van der Waals surface area contributed by atoms with Crippen LogP contribution in [0.4, 0.5) is 13.2 Å². The third-order valence-corrected chi connectivity index (χ3v) is 4.73. The van der Waals surface area contributed by atoms with Crippen LogP contribution in [-0.2, 0) is 22.2 Å². The molecule has 1 aliphatic heterocycles. The number of hydrogen-bond donors (Lipinski definition) is 1. The molecule has 0 amide bonds. The Labute approximate surface area is 170 Å². The number of methoxy groups -OCH3 is 2. The number of guanidine groups is 1.